The summed E-state index contributed by atoms with van der Waals surface area (Å²) in [5, 5.41) is 0. The van der Waals surface area contributed by atoms with Crippen molar-refractivity contribution in [3.8, 4) is 0 Å². The molecule has 0 saturated heterocycles. The topological polar surface area (TPSA) is 42.3 Å². The van der Waals surface area contributed by atoms with Crippen LogP contribution in [0.4, 0.5) is 0 Å². The molecule has 1 aromatic heterocycles. The van der Waals surface area contributed by atoms with Crippen molar-refractivity contribution in [1.29, 1.82) is 0 Å². The maximum atomic E-state index is 12.6. The fourth-order valence-electron chi connectivity index (χ4n) is 2.24. The lowest BCUT2D eigenvalue weighted by atomic mass is 10.2. The van der Waals surface area contributed by atoms with Gasteiger partial charge in [0.05, 0.1) is 5.88 Å². The molecule has 0 N–H and O–H groups in total. The lowest BCUT2D eigenvalue weighted by molar-refractivity contribution is 0.349. The zero-order chi connectivity index (χ0) is 14.6. The average Bonchev–Trinajstić information content (AvgIpc) is 2.83. The van der Waals surface area contributed by atoms with Gasteiger partial charge in [-0.05, 0) is 25.8 Å². The molecule has 1 rings (SSSR count). The van der Waals surface area contributed by atoms with Crippen molar-refractivity contribution in [3.63, 3.8) is 0 Å². The first-order valence-electron chi connectivity index (χ1n) is 6.65. The Bertz CT molecular complexity index is 485. The molecule has 0 aliphatic heterocycles. The van der Waals surface area contributed by atoms with Crippen molar-refractivity contribution in [1.82, 2.24) is 8.87 Å². The van der Waals surface area contributed by atoms with Crippen LogP contribution in [0.3, 0.4) is 0 Å². The third-order valence-corrected chi connectivity index (χ3v) is 5.72. The SMILES string of the molecule is CCC(CC)N(C)S(=O)(=O)c1cc(CCl)n(CC)c1. The van der Waals surface area contributed by atoms with Crippen LogP contribution >= 0.6 is 11.6 Å². The van der Waals surface area contributed by atoms with Gasteiger partial charge < -0.3 is 4.57 Å². The Labute approximate surface area is 121 Å². The number of halogens is 1. The average molecular weight is 307 g/mol. The van der Waals surface area contributed by atoms with Crippen LogP contribution in [0, 0.1) is 0 Å². The summed E-state index contributed by atoms with van der Waals surface area (Å²) < 4.78 is 28.5. The minimum atomic E-state index is -3.43. The van der Waals surface area contributed by atoms with Crippen molar-refractivity contribution in [2.45, 2.75) is 57.0 Å². The van der Waals surface area contributed by atoms with E-state index in [0.29, 0.717) is 17.3 Å². The number of hydrogen-bond donors (Lipinski definition) is 0. The van der Waals surface area contributed by atoms with E-state index in [2.05, 4.69) is 0 Å². The van der Waals surface area contributed by atoms with Gasteiger partial charge in [-0.15, -0.1) is 11.6 Å². The van der Waals surface area contributed by atoms with Gasteiger partial charge in [-0.3, -0.25) is 0 Å². The van der Waals surface area contributed by atoms with Gasteiger partial charge in [0.1, 0.15) is 4.90 Å². The van der Waals surface area contributed by atoms with Crippen LogP contribution in [-0.2, 0) is 22.4 Å². The summed E-state index contributed by atoms with van der Waals surface area (Å²) >= 11 is 5.84. The maximum absolute atomic E-state index is 12.6. The van der Waals surface area contributed by atoms with Gasteiger partial charge in [-0.2, -0.15) is 4.31 Å². The van der Waals surface area contributed by atoms with E-state index in [1.165, 1.54) is 4.31 Å². The van der Waals surface area contributed by atoms with Crippen LogP contribution in [0.5, 0.6) is 0 Å². The summed E-state index contributed by atoms with van der Waals surface area (Å²) in [6.07, 6.45) is 3.29. The van der Waals surface area contributed by atoms with Crippen molar-refractivity contribution in [2.24, 2.45) is 0 Å². The first-order chi connectivity index (χ1) is 8.92. The first kappa shape index (κ1) is 16.5. The minimum Gasteiger partial charge on any atom is -0.349 e. The molecule has 0 fully saturated rings. The maximum Gasteiger partial charge on any atom is 0.244 e. The Balaban J connectivity index is 3.16. The van der Waals surface area contributed by atoms with Gasteiger partial charge in [0.2, 0.25) is 10.0 Å². The smallest absolute Gasteiger partial charge is 0.244 e. The minimum absolute atomic E-state index is 0.0365. The molecule has 1 aromatic rings. The predicted molar refractivity (Wildman–Crippen MR) is 79.0 cm³/mol. The molecule has 0 aliphatic carbocycles. The Morgan fingerprint density at radius 3 is 2.26 bits per heavy atom. The normalized spacial score (nSPS) is 12.6. The van der Waals surface area contributed by atoms with E-state index in [9.17, 15) is 8.42 Å². The van der Waals surface area contributed by atoms with Gasteiger partial charge in [0.25, 0.3) is 0 Å². The summed E-state index contributed by atoms with van der Waals surface area (Å²) in [5.41, 5.74) is 0.834. The van der Waals surface area contributed by atoms with Crippen LogP contribution < -0.4 is 0 Å². The summed E-state index contributed by atoms with van der Waals surface area (Å²) in [6, 6.07) is 1.71. The van der Waals surface area contributed by atoms with E-state index < -0.39 is 10.0 Å². The molecule has 0 atom stereocenters. The van der Waals surface area contributed by atoms with E-state index in [-0.39, 0.29) is 6.04 Å². The predicted octanol–water partition coefficient (Wildman–Crippen LogP) is 3.06. The van der Waals surface area contributed by atoms with E-state index in [1.54, 1.807) is 19.3 Å². The summed E-state index contributed by atoms with van der Waals surface area (Å²) in [4.78, 5) is 0.333. The highest BCUT2D eigenvalue weighted by atomic mass is 35.5. The van der Waals surface area contributed by atoms with Gasteiger partial charge in [-0.1, -0.05) is 13.8 Å². The lowest BCUT2D eigenvalue weighted by Crippen LogP contribution is -2.36. The number of sulfonamides is 1. The van der Waals surface area contributed by atoms with E-state index in [1.807, 2.05) is 25.3 Å². The number of alkyl halides is 1. The Kier molecular flexibility index (Phi) is 5.89. The van der Waals surface area contributed by atoms with Gasteiger partial charge in [0, 0.05) is 31.5 Å². The van der Waals surface area contributed by atoms with Crippen molar-refractivity contribution >= 4 is 21.6 Å². The second-order valence-corrected chi connectivity index (χ2v) is 6.84. The van der Waals surface area contributed by atoms with E-state index in [4.69, 9.17) is 11.6 Å². The molecule has 110 valence electrons. The molecule has 0 aromatic carbocycles. The molecule has 0 amide bonds. The zero-order valence-electron chi connectivity index (χ0n) is 12.1. The number of aryl methyl sites for hydroxylation is 1. The van der Waals surface area contributed by atoms with Crippen molar-refractivity contribution in [2.75, 3.05) is 7.05 Å². The molecular weight excluding hydrogens is 284 g/mol. The fourth-order valence-corrected chi connectivity index (χ4v) is 4.04. The lowest BCUT2D eigenvalue weighted by Gasteiger charge is -2.24. The monoisotopic (exact) mass is 306 g/mol. The van der Waals surface area contributed by atoms with Crippen LogP contribution in [0.1, 0.15) is 39.3 Å². The highest BCUT2D eigenvalue weighted by molar-refractivity contribution is 7.89. The molecule has 0 spiro atoms. The quantitative estimate of drug-likeness (QED) is 0.727. The van der Waals surface area contributed by atoms with Gasteiger partial charge in [-0.25, -0.2) is 8.42 Å². The zero-order valence-corrected chi connectivity index (χ0v) is 13.6. The largest absolute Gasteiger partial charge is 0.349 e. The summed E-state index contributed by atoms with van der Waals surface area (Å²) in [5.74, 6) is 0.318. The Morgan fingerprint density at radius 1 is 1.32 bits per heavy atom. The Morgan fingerprint density at radius 2 is 1.89 bits per heavy atom. The number of hydrogen-bond acceptors (Lipinski definition) is 2. The summed E-state index contributed by atoms with van der Waals surface area (Å²) in [6.45, 7) is 6.69. The third-order valence-electron chi connectivity index (χ3n) is 3.57. The second kappa shape index (κ2) is 6.77. The molecule has 4 nitrogen and oxygen atoms in total. The number of nitrogens with zero attached hydrogens (tertiary/aromatic N) is 2. The third kappa shape index (κ3) is 3.33. The molecule has 0 radical (unpaired) electrons. The van der Waals surface area contributed by atoms with Crippen LogP contribution in [0.2, 0.25) is 0 Å². The molecule has 0 bridgehead atoms. The first-order valence-corrected chi connectivity index (χ1v) is 8.62. The van der Waals surface area contributed by atoms with Crippen LogP contribution in [-0.4, -0.2) is 30.4 Å². The molecule has 6 heteroatoms. The van der Waals surface area contributed by atoms with Crippen molar-refractivity contribution in [3.05, 3.63) is 18.0 Å². The molecule has 19 heavy (non-hydrogen) atoms. The fraction of sp³-hybridized carbons (Fsp3) is 0.692. The van der Waals surface area contributed by atoms with Crippen LogP contribution in [0.15, 0.2) is 17.2 Å². The molecule has 1 heterocycles. The highest BCUT2D eigenvalue weighted by Crippen LogP contribution is 2.22. The molecule has 0 aliphatic rings. The number of rotatable bonds is 7. The van der Waals surface area contributed by atoms with Gasteiger partial charge >= 0.3 is 0 Å². The summed E-state index contributed by atoms with van der Waals surface area (Å²) in [7, 11) is -1.78. The van der Waals surface area contributed by atoms with Crippen LogP contribution in [0.25, 0.3) is 0 Å². The second-order valence-electron chi connectivity index (χ2n) is 4.58. The molecule has 0 saturated carbocycles. The van der Waals surface area contributed by atoms with Gasteiger partial charge in [0.15, 0.2) is 0 Å². The standard InChI is InChI=1S/C13H23ClN2O2S/c1-5-11(6-2)15(4)19(17,18)13-8-12(9-14)16(7-3)10-13/h8,10-11H,5-7,9H2,1-4H3. The molecule has 0 unspecified atom stereocenters. The highest BCUT2D eigenvalue weighted by Gasteiger charge is 2.27. The Hall–Kier alpha value is -0.520. The molecular formula is C13H23ClN2O2S. The number of aromatic nitrogens is 1. The van der Waals surface area contributed by atoms with E-state index in [0.717, 1.165) is 18.5 Å². The van der Waals surface area contributed by atoms with E-state index >= 15 is 0 Å². The van der Waals surface area contributed by atoms with Crippen molar-refractivity contribution < 1.29 is 8.42 Å².